The highest BCUT2D eigenvalue weighted by Gasteiger charge is 2.22. The van der Waals surface area contributed by atoms with Crippen molar-refractivity contribution in [2.24, 2.45) is 0 Å². The van der Waals surface area contributed by atoms with Crippen LogP contribution >= 0.6 is 0 Å². The first-order valence-electron chi connectivity index (χ1n) is 8.73. The lowest BCUT2D eigenvalue weighted by Gasteiger charge is -2.37. The molecule has 25 heavy (non-hydrogen) atoms. The first kappa shape index (κ1) is 17.6. The molecule has 2 aromatic rings. The number of piperazine rings is 1. The highest BCUT2D eigenvalue weighted by Crippen LogP contribution is 2.20. The van der Waals surface area contributed by atoms with Crippen molar-refractivity contribution in [1.29, 1.82) is 0 Å². The molecule has 5 heteroatoms. The van der Waals surface area contributed by atoms with Gasteiger partial charge in [0.1, 0.15) is 0 Å². The van der Waals surface area contributed by atoms with Crippen molar-refractivity contribution in [2.75, 3.05) is 40.3 Å². The molecule has 0 saturated carbocycles. The van der Waals surface area contributed by atoms with E-state index < -0.39 is 0 Å². The summed E-state index contributed by atoms with van der Waals surface area (Å²) in [4.78, 5) is 21.3. The van der Waals surface area contributed by atoms with Crippen molar-refractivity contribution in [3.63, 3.8) is 0 Å². The molecule has 0 bridgehead atoms. The number of carbonyl (C=O) groups excluding carboxylic acids is 1. The number of carbonyl (C=O) groups is 1. The maximum absolute atomic E-state index is 12.4. The van der Waals surface area contributed by atoms with Gasteiger partial charge in [0.2, 0.25) is 0 Å². The average Bonchev–Trinajstić information content (AvgIpc) is 2.62. The van der Waals surface area contributed by atoms with Crippen LogP contribution in [-0.2, 0) is 0 Å². The third-order valence-electron chi connectivity index (χ3n) is 4.86. The van der Waals surface area contributed by atoms with Crippen LogP contribution in [0.25, 0.3) is 11.1 Å². The topological polar surface area (TPSA) is 48.5 Å². The van der Waals surface area contributed by atoms with Gasteiger partial charge in [-0.05, 0) is 56.4 Å². The molecule has 1 amide bonds. The SMILES string of the molecule is Cc1cc(-c2ccc(C(=O)NC[C@@H]3CN(C)CCN3C)cc2)ccn1. The van der Waals surface area contributed by atoms with E-state index in [0.717, 1.165) is 36.5 Å². The van der Waals surface area contributed by atoms with Crippen LogP contribution in [0.2, 0.25) is 0 Å². The molecular formula is C20H26N4O. The molecule has 0 unspecified atom stereocenters. The third-order valence-corrected chi connectivity index (χ3v) is 4.86. The molecule has 1 aliphatic heterocycles. The monoisotopic (exact) mass is 338 g/mol. The molecule has 1 aromatic carbocycles. The zero-order valence-corrected chi connectivity index (χ0v) is 15.2. The number of hydrogen-bond acceptors (Lipinski definition) is 4. The van der Waals surface area contributed by atoms with Crippen molar-refractivity contribution < 1.29 is 4.79 Å². The third kappa shape index (κ3) is 4.44. The van der Waals surface area contributed by atoms with E-state index in [0.29, 0.717) is 18.2 Å². The Bertz CT molecular complexity index is 729. The first-order valence-corrected chi connectivity index (χ1v) is 8.73. The zero-order valence-electron chi connectivity index (χ0n) is 15.2. The Morgan fingerprint density at radius 3 is 2.64 bits per heavy atom. The molecule has 5 nitrogen and oxygen atoms in total. The normalized spacial score (nSPS) is 18.9. The second-order valence-electron chi connectivity index (χ2n) is 6.87. The fraction of sp³-hybridized carbons (Fsp3) is 0.400. The lowest BCUT2D eigenvalue weighted by atomic mass is 10.0. The fourth-order valence-electron chi connectivity index (χ4n) is 3.17. The molecule has 1 N–H and O–H groups in total. The summed E-state index contributed by atoms with van der Waals surface area (Å²) in [6.45, 7) is 5.75. The highest BCUT2D eigenvalue weighted by atomic mass is 16.1. The van der Waals surface area contributed by atoms with E-state index in [9.17, 15) is 4.79 Å². The van der Waals surface area contributed by atoms with Crippen LogP contribution in [0.4, 0.5) is 0 Å². The number of aryl methyl sites for hydroxylation is 1. The molecule has 3 rings (SSSR count). The molecule has 1 fully saturated rings. The van der Waals surface area contributed by atoms with Crippen LogP contribution in [0.5, 0.6) is 0 Å². The van der Waals surface area contributed by atoms with Crippen molar-refractivity contribution >= 4 is 5.91 Å². The summed E-state index contributed by atoms with van der Waals surface area (Å²) in [5, 5.41) is 3.07. The maximum atomic E-state index is 12.4. The van der Waals surface area contributed by atoms with E-state index in [2.05, 4.69) is 34.2 Å². The number of hydrogen-bond donors (Lipinski definition) is 1. The van der Waals surface area contributed by atoms with Gasteiger partial charge in [0.15, 0.2) is 0 Å². The van der Waals surface area contributed by atoms with E-state index in [1.807, 2.05) is 49.5 Å². The maximum Gasteiger partial charge on any atom is 0.251 e. The molecule has 0 spiro atoms. The first-order chi connectivity index (χ1) is 12.0. The fourth-order valence-corrected chi connectivity index (χ4v) is 3.17. The Labute approximate surface area is 149 Å². The molecule has 1 atom stereocenters. The van der Waals surface area contributed by atoms with Gasteiger partial charge in [-0.3, -0.25) is 14.7 Å². The summed E-state index contributed by atoms with van der Waals surface area (Å²) in [5.41, 5.74) is 3.89. The predicted octanol–water partition coefficient (Wildman–Crippen LogP) is 2.03. The van der Waals surface area contributed by atoms with Gasteiger partial charge in [-0.1, -0.05) is 12.1 Å². The van der Waals surface area contributed by atoms with Gasteiger partial charge < -0.3 is 10.2 Å². The van der Waals surface area contributed by atoms with Gasteiger partial charge >= 0.3 is 0 Å². The number of benzene rings is 1. The Morgan fingerprint density at radius 1 is 1.16 bits per heavy atom. The minimum Gasteiger partial charge on any atom is -0.350 e. The van der Waals surface area contributed by atoms with Gasteiger partial charge in [-0.2, -0.15) is 0 Å². The Hall–Kier alpha value is -2.24. The van der Waals surface area contributed by atoms with Crippen LogP contribution in [0.3, 0.4) is 0 Å². The number of rotatable bonds is 4. The molecule has 1 aromatic heterocycles. The molecule has 132 valence electrons. The van der Waals surface area contributed by atoms with Gasteiger partial charge in [0.05, 0.1) is 0 Å². The van der Waals surface area contributed by atoms with E-state index in [4.69, 9.17) is 0 Å². The Balaban J connectivity index is 1.61. The molecule has 1 aliphatic rings. The smallest absolute Gasteiger partial charge is 0.251 e. The number of amides is 1. The minimum absolute atomic E-state index is 0.0147. The van der Waals surface area contributed by atoms with Crippen LogP contribution in [-0.4, -0.2) is 67.0 Å². The molecule has 2 heterocycles. The summed E-state index contributed by atoms with van der Waals surface area (Å²) in [6, 6.07) is 12.1. The van der Waals surface area contributed by atoms with Crippen molar-refractivity contribution in [3.8, 4) is 11.1 Å². The standard InChI is InChI=1S/C20H26N4O/c1-15-12-18(8-9-21-15)16-4-6-17(7-5-16)20(25)22-13-19-14-23(2)10-11-24(19)3/h4-9,12,19H,10-11,13-14H2,1-3H3,(H,22,25)/t19-/m1/s1. The quantitative estimate of drug-likeness (QED) is 0.927. The van der Waals surface area contributed by atoms with Crippen molar-refractivity contribution in [2.45, 2.75) is 13.0 Å². The van der Waals surface area contributed by atoms with Crippen molar-refractivity contribution in [1.82, 2.24) is 20.1 Å². The van der Waals surface area contributed by atoms with Crippen LogP contribution in [0.1, 0.15) is 16.1 Å². The lowest BCUT2D eigenvalue weighted by Crippen LogP contribution is -2.54. The lowest BCUT2D eigenvalue weighted by molar-refractivity contribution is 0.0881. The van der Waals surface area contributed by atoms with E-state index in [-0.39, 0.29) is 5.91 Å². The molecule has 1 saturated heterocycles. The summed E-state index contributed by atoms with van der Waals surface area (Å²) in [6.07, 6.45) is 1.81. The summed E-state index contributed by atoms with van der Waals surface area (Å²) >= 11 is 0. The zero-order chi connectivity index (χ0) is 17.8. The summed E-state index contributed by atoms with van der Waals surface area (Å²) in [7, 11) is 4.25. The van der Waals surface area contributed by atoms with Gasteiger partial charge in [-0.25, -0.2) is 0 Å². The second-order valence-corrected chi connectivity index (χ2v) is 6.87. The minimum atomic E-state index is -0.0147. The Morgan fingerprint density at radius 2 is 1.92 bits per heavy atom. The number of aromatic nitrogens is 1. The number of nitrogens with zero attached hydrogens (tertiary/aromatic N) is 3. The van der Waals surface area contributed by atoms with Gasteiger partial charge in [0, 0.05) is 49.7 Å². The predicted molar refractivity (Wildman–Crippen MR) is 101 cm³/mol. The molecule has 0 aliphatic carbocycles. The van der Waals surface area contributed by atoms with Crippen LogP contribution in [0, 0.1) is 6.92 Å². The van der Waals surface area contributed by atoms with E-state index in [1.165, 1.54) is 0 Å². The van der Waals surface area contributed by atoms with E-state index >= 15 is 0 Å². The van der Waals surface area contributed by atoms with Crippen LogP contribution in [0.15, 0.2) is 42.6 Å². The average molecular weight is 338 g/mol. The van der Waals surface area contributed by atoms with Gasteiger partial charge in [0.25, 0.3) is 5.91 Å². The highest BCUT2D eigenvalue weighted by molar-refractivity contribution is 5.94. The van der Waals surface area contributed by atoms with Crippen LogP contribution < -0.4 is 5.32 Å². The summed E-state index contributed by atoms with van der Waals surface area (Å²) in [5.74, 6) is -0.0147. The van der Waals surface area contributed by atoms with E-state index in [1.54, 1.807) is 0 Å². The number of nitrogens with one attached hydrogen (secondary N) is 1. The second kappa shape index (κ2) is 7.76. The Kier molecular flexibility index (Phi) is 5.46. The van der Waals surface area contributed by atoms with Gasteiger partial charge in [-0.15, -0.1) is 0 Å². The summed E-state index contributed by atoms with van der Waals surface area (Å²) < 4.78 is 0. The largest absolute Gasteiger partial charge is 0.350 e. The van der Waals surface area contributed by atoms with Crippen molar-refractivity contribution in [3.05, 3.63) is 53.9 Å². The number of likely N-dealkylation sites (N-methyl/N-ethyl adjacent to an activating group) is 2. The number of pyridine rings is 1. The molecular weight excluding hydrogens is 312 g/mol. The molecule has 0 radical (unpaired) electrons.